The standard InChI is InChI=1S/C21H20N4O2/c1-23(2)18(26)13-16-19-15-11-7-8-12-17(15)24(3)20(19)21(27)25(22-16)14-9-5-4-6-10-14/h4-12H,13H2,1-3H3. The molecule has 4 aromatic rings. The van der Waals surface area contributed by atoms with Gasteiger partial charge in [0.05, 0.1) is 17.8 Å². The van der Waals surface area contributed by atoms with Gasteiger partial charge in [-0.05, 0) is 18.2 Å². The van der Waals surface area contributed by atoms with E-state index in [1.165, 1.54) is 9.58 Å². The van der Waals surface area contributed by atoms with Gasteiger partial charge in [0.15, 0.2) is 0 Å². The van der Waals surface area contributed by atoms with E-state index in [2.05, 4.69) is 5.10 Å². The predicted molar refractivity (Wildman–Crippen MR) is 106 cm³/mol. The molecule has 0 saturated heterocycles. The first kappa shape index (κ1) is 17.0. The van der Waals surface area contributed by atoms with Gasteiger partial charge in [-0.15, -0.1) is 0 Å². The lowest BCUT2D eigenvalue weighted by Crippen LogP contribution is -2.28. The van der Waals surface area contributed by atoms with Crippen LogP contribution in [0.4, 0.5) is 0 Å². The van der Waals surface area contributed by atoms with E-state index in [0.29, 0.717) is 16.9 Å². The average Bonchev–Trinajstić information content (AvgIpc) is 2.98. The lowest BCUT2D eigenvalue weighted by molar-refractivity contribution is -0.128. The third-order valence-corrected chi connectivity index (χ3v) is 4.83. The molecule has 6 heteroatoms. The van der Waals surface area contributed by atoms with Crippen LogP contribution in [0.25, 0.3) is 27.5 Å². The van der Waals surface area contributed by atoms with Crippen molar-refractivity contribution in [3.8, 4) is 5.69 Å². The zero-order valence-corrected chi connectivity index (χ0v) is 15.5. The van der Waals surface area contributed by atoms with E-state index in [1.807, 2.05) is 66.2 Å². The van der Waals surface area contributed by atoms with Gasteiger partial charge in [0.25, 0.3) is 5.56 Å². The molecule has 0 saturated carbocycles. The molecule has 0 aliphatic heterocycles. The summed E-state index contributed by atoms with van der Waals surface area (Å²) in [5.41, 5.74) is 2.57. The van der Waals surface area contributed by atoms with E-state index >= 15 is 0 Å². The second-order valence-corrected chi connectivity index (χ2v) is 6.76. The van der Waals surface area contributed by atoms with Crippen LogP contribution in [0.1, 0.15) is 5.69 Å². The summed E-state index contributed by atoms with van der Waals surface area (Å²) in [4.78, 5) is 27.2. The number of para-hydroxylation sites is 2. The molecule has 136 valence electrons. The number of benzene rings is 2. The molecule has 0 bridgehead atoms. The summed E-state index contributed by atoms with van der Waals surface area (Å²) in [6.45, 7) is 0. The third kappa shape index (κ3) is 2.70. The van der Waals surface area contributed by atoms with Crippen molar-refractivity contribution in [3.05, 3.63) is 70.6 Å². The Hall–Kier alpha value is -3.41. The Balaban J connectivity index is 2.12. The highest BCUT2D eigenvalue weighted by Gasteiger charge is 2.21. The first-order valence-corrected chi connectivity index (χ1v) is 8.74. The number of hydrogen-bond acceptors (Lipinski definition) is 3. The molecule has 6 nitrogen and oxygen atoms in total. The Morgan fingerprint density at radius 3 is 2.41 bits per heavy atom. The summed E-state index contributed by atoms with van der Waals surface area (Å²) in [6, 6.07) is 17.1. The molecular formula is C21H20N4O2. The minimum atomic E-state index is -0.198. The summed E-state index contributed by atoms with van der Waals surface area (Å²) in [5, 5.41) is 6.28. The van der Waals surface area contributed by atoms with Gasteiger partial charge in [0.2, 0.25) is 5.91 Å². The molecular weight excluding hydrogens is 340 g/mol. The topological polar surface area (TPSA) is 60.1 Å². The van der Waals surface area contributed by atoms with E-state index in [9.17, 15) is 9.59 Å². The number of aryl methyl sites for hydroxylation is 1. The molecule has 0 unspecified atom stereocenters. The number of carbonyl (C=O) groups is 1. The van der Waals surface area contributed by atoms with Gasteiger partial charge in [0, 0.05) is 37.4 Å². The van der Waals surface area contributed by atoms with Crippen LogP contribution in [0.3, 0.4) is 0 Å². The monoisotopic (exact) mass is 360 g/mol. The largest absolute Gasteiger partial charge is 0.348 e. The van der Waals surface area contributed by atoms with Gasteiger partial charge in [-0.2, -0.15) is 9.78 Å². The fourth-order valence-electron chi connectivity index (χ4n) is 3.42. The number of hydrogen-bond donors (Lipinski definition) is 0. The maximum Gasteiger partial charge on any atom is 0.296 e. The normalized spacial score (nSPS) is 11.2. The molecule has 0 atom stereocenters. The van der Waals surface area contributed by atoms with Gasteiger partial charge in [-0.1, -0.05) is 36.4 Å². The fraction of sp³-hybridized carbons (Fsp3) is 0.190. The SMILES string of the molecule is CN(C)C(=O)Cc1nn(-c2ccccc2)c(=O)c2c1c1ccccc1n2C. The smallest absolute Gasteiger partial charge is 0.296 e. The minimum absolute atomic E-state index is 0.0602. The van der Waals surface area contributed by atoms with Crippen molar-refractivity contribution < 1.29 is 4.79 Å². The van der Waals surface area contributed by atoms with Crippen molar-refractivity contribution in [2.45, 2.75) is 6.42 Å². The van der Waals surface area contributed by atoms with Crippen molar-refractivity contribution >= 4 is 27.7 Å². The van der Waals surface area contributed by atoms with E-state index in [-0.39, 0.29) is 17.9 Å². The second-order valence-electron chi connectivity index (χ2n) is 6.76. The number of nitrogens with zero attached hydrogens (tertiary/aromatic N) is 4. The summed E-state index contributed by atoms with van der Waals surface area (Å²) in [5.74, 6) is -0.0602. The van der Waals surface area contributed by atoms with Crippen LogP contribution in [0, 0.1) is 0 Å². The molecule has 2 aromatic carbocycles. The summed E-state index contributed by atoms with van der Waals surface area (Å²) in [6.07, 6.45) is 0.130. The quantitative estimate of drug-likeness (QED) is 0.564. The van der Waals surface area contributed by atoms with Gasteiger partial charge < -0.3 is 9.47 Å². The first-order valence-electron chi connectivity index (χ1n) is 8.74. The number of fused-ring (bicyclic) bond motifs is 3. The molecule has 0 spiro atoms. The number of aromatic nitrogens is 3. The maximum atomic E-state index is 13.3. The van der Waals surface area contributed by atoms with E-state index in [4.69, 9.17) is 0 Å². The summed E-state index contributed by atoms with van der Waals surface area (Å²) >= 11 is 0. The van der Waals surface area contributed by atoms with E-state index in [1.54, 1.807) is 14.1 Å². The predicted octanol–water partition coefficient (Wildman–Crippen LogP) is 2.51. The lowest BCUT2D eigenvalue weighted by atomic mass is 10.1. The van der Waals surface area contributed by atoms with Gasteiger partial charge in [0.1, 0.15) is 5.52 Å². The molecule has 27 heavy (non-hydrogen) atoms. The van der Waals surface area contributed by atoms with Crippen molar-refractivity contribution in [2.75, 3.05) is 14.1 Å². The van der Waals surface area contributed by atoms with E-state index < -0.39 is 0 Å². The molecule has 0 N–H and O–H groups in total. The van der Waals surface area contributed by atoms with Gasteiger partial charge in [-0.25, -0.2) is 0 Å². The Morgan fingerprint density at radius 1 is 1.04 bits per heavy atom. The Bertz CT molecular complexity index is 1220. The molecule has 2 aromatic heterocycles. The molecule has 0 fully saturated rings. The number of rotatable bonds is 3. The van der Waals surface area contributed by atoms with Crippen molar-refractivity contribution in [2.24, 2.45) is 7.05 Å². The number of amides is 1. The highest BCUT2D eigenvalue weighted by Crippen LogP contribution is 2.28. The fourth-order valence-corrected chi connectivity index (χ4v) is 3.42. The first-order chi connectivity index (χ1) is 13.0. The summed E-state index contributed by atoms with van der Waals surface area (Å²) in [7, 11) is 5.31. The molecule has 2 heterocycles. The van der Waals surface area contributed by atoms with Gasteiger partial charge >= 0.3 is 0 Å². The van der Waals surface area contributed by atoms with Crippen molar-refractivity contribution in [3.63, 3.8) is 0 Å². The van der Waals surface area contributed by atoms with Gasteiger partial charge in [-0.3, -0.25) is 9.59 Å². The third-order valence-electron chi connectivity index (χ3n) is 4.83. The molecule has 0 aliphatic rings. The highest BCUT2D eigenvalue weighted by molar-refractivity contribution is 6.09. The highest BCUT2D eigenvalue weighted by atomic mass is 16.2. The Morgan fingerprint density at radius 2 is 1.70 bits per heavy atom. The van der Waals surface area contributed by atoms with Crippen LogP contribution < -0.4 is 5.56 Å². The van der Waals surface area contributed by atoms with Crippen molar-refractivity contribution in [1.82, 2.24) is 19.2 Å². The number of likely N-dealkylation sites (N-methyl/N-ethyl adjacent to an activating group) is 1. The Labute approximate surface area is 156 Å². The zero-order valence-electron chi connectivity index (χ0n) is 15.5. The van der Waals surface area contributed by atoms with Crippen LogP contribution >= 0.6 is 0 Å². The van der Waals surface area contributed by atoms with Crippen LogP contribution in [0.2, 0.25) is 0 Å². The van der Waals surface area contributed by atoms with Crippen LogP contribution in [-0.2, 0) is 18.3 Å². The minimum Gasteiger partial charge on any atom is -0.348 e. The molecule has 0 aliphatic carbocycles. The number of carbonyl (C=O) groups excluding carboxylic acids is 1. The van der Waals surface area contributed by atoms with E-state index in [0.717, 1.165) is 16.3 Å². The molecule has 4 rings (SSSR count). The average molecular weight is 360 g/mol. The zero-order chi connectivity index (χ0) is 19.1. The second kappa shape index (κ2) is 6.39. The summed E-state index contributed by atoms with van der Waals surface area (Å²) < 4.78 is 3.28. The van der Waals surface area contributed by atoms with Crippen LogP contribution in [0.15, 0.2) is 59.4 Å². The molecule has 1 amide bonds. The van der Waals surface area contributed by atoms with Crippen LogP contribution in [0.5, 0.6) is 0 Å². The van der Waals surface area contributed by atoms with Crippen molar-refractivity contribution in [1.29, 1.82) is 0 Å². The Kier molecular flexibility index (Phi) is 4.03. The maximum absolute atomic E-state index is 13.3. The molecule has 0 radical (unpaired) electrons. The van der Waals surface area contributed by atoms with Crippen LogP contribution in [-0.4, -0.2) is 39.3 Å². The lowest BCUT2D eigenvalue weighted by Gasteiger charge is -2.13.